The highest BCUT2D eigenvalue weighted by Crippen LogP contribution is 2.20. The quantitative estimate of drug-likeness (QED) is 0.0178. The van der Waals surface area contributed by atoms with Crippen molar-refractivity contribution in [1.82, 2.24) is 53.2 Å². The third-order valence-electron chi connectivity index (χ3n) is 16.9. The number of aliphatic hydroxyl groups excluding tert-OH is 1. The van der Waals surface area contributed by atoms with Gasteiger partial charge in [0.25, 0.3) is 0 Å². The van der Waals surface area contributed by atoms with Gasteiger partial charge in [-0.3, -0.25) is 57.7 Å². The molecule has 0 spiro atoms. The van der Waals surface area contributed by atoms with E-state index in [-0.39, 0.29) is 50.5 Å². The van der Waals surface area contributed by atoms with Crippen molar-refractivity contribution in [2.24, 2.45) is 57.7 Å². The normalized spacial score (nSPS) is 21.2. The van der Waals surface area contributed by atoms with Crippen LogP contribution < -0.4 is 70.4 Å². The lowest BCUT2D eigenvalue weighted by molar-refractivity contribution is -0.157. The van der Waals surface area contributed by atoms with Gasteiger partial charge < -0.3 is 80.2 Å². The largest absolute Gasteiger partial charge is 0.458 e. The first-order valence-corrected chi connectivity index (χ1v) is 31.7. The maximum absolute atomic E-state index is 14.5. The maximum atomic E-state index is 14.5. The van der Waals surface area contributed by atoms with Crippen LogP contribution in [0.3, 0.4) is 0 Å². The van der Waals surface area contributed by atoms with E-state index >= 15 is 0 Å². The van der Waals surface area contributed by atoms with Gasteiger partial charge in [0.1, 0.15) is 66.5 Å². The second-order valence-corrected chi connectivity index (χ2v) is 23.8. The summed E-state index contributed by atoms with van der Waals surface area (Å²) >= 11 is 0. The number of amides is 11. The van der Waals surface area contributed by atoms with E-state index in [4.69, 9.17) is 21.9 Å². The summed E-state index contributed by atoms with van der Waals surface area (Å²) in [7, 11) is 0. The third kappa shape index (κ3) is 24.8. The van der Waals surface area contributed by atoms with E-state index < -0.39 is 180 Å². The summed E-state index contributed by atoms with van der Waals surface area (Å²) in [4.78, 5) is 171. The van der Waals surface area contributed by atoms with Crippen LogP contribution in [0.4, 0.5) is 0 Å². The minimum atomic E-state index is -1.80. The number of benzene rings is 1. The van der Waals surface area contributed by atoms with Crippen LogP contribution in [0, 0.1) is 35.5 Å². The molecule has 2 rings (SSSR count). The Kier molecular flexibility index (Phi) is 34.1. The smallest absolute Gasteiger partial charge is 0.329 e. The molecule has 28 heteroatoms. The molecule has 11 amide bonds. The molecule has 17 N–H and O–H groups in total. The first-order chi connectivity index (χ1) is 42.4. The summed E-state index contributed by atoms with van der Waals surface area (Å²) in [6.45, 7) is 20.9. The second-order valence-electron chi connectivity index (χ2n) is 23.8. The standard InChI is InChI=1S/C62H104N14O14/c1-14-32(7)45(72-52(80)40(19-6)30-39-24-21-20-22-25-39)56(84)69-41(26-23-29-66-62(64)65)53(81)68-42(27-28-44(63)78)54(82)73-48(35(10)17-4)58(86)74-46(33(8)15-2)57(85)70-43(31-77)55(83)76-50-38(13)90-61(89)49(36(11)18-5)75-59(87)47(34(9)16-3)71-51(79)37(12)67-60(50)88/h20-22,24-25,32-38,40-43,45-50,77H,14-19,23,26-31H2,1-13H3,(H2,63,78)(H,67,88)(H,68,81)(H,69,84)(H,70,85)(H,71,79)(H,72,80)(H,73,82)(H,74,86)(H,75,87)(H,76,83)(H4,64,65,66)/t32-,33-,34?,35+,36-,37-,38-,40+,41-,42+,43-,45-,46-,47-,48+,49-,50+/m0/s1. The van der Waals surface area contributed by atoms with Crippen molar-refractivity contribution in [3.8, 4) is 0 Å². The summed E-state index contributed by atoms with van der Waals surface area (Å²) in [6, 6.07) is -4.59. The molecule has 1 unspecified atom stereocenters. The van der Waals surface area contributed by atoms with E-state index in [0.29, 0.717) is 32.1 Å². The number of carbonyl (C=O) groups excluding carboxylic acids is 12. The fourth-order valence-corrected chi connectivity index (χ4v) is 9.75. The number of esters is 1. The fourth-order valence-electron chi connectivity index (χ4n) is 9.75. The van der Waals surface area contributed by atoms with Crippen molar-refractivity contribution in [3.63, 3.8) is 0 Å². The van der Waals surface area contributed by atoms with E-state index in [0.717, 1.165) is 5.56 Å². The molecule has 0 radical (unpaired) electrons. The van der Waals surface area contributed by atoms with Gasteiger partial charge in [0.2, 0.25) is 65.0 Å². The molecule has 0 aliphatic carbocycles. The van der Waals surface area contributed by atoms with E-state index in [1.165, 1.54) is 13.8 Å². The molecule has 0 aromatic heterocycles. The second kappa shape index (κ2) is 39.3. The van der Waals surface area contributed by atoms with Crippen LogP contribution in [0.1, 0.15) is 160 Å². The Hall–Kier alpha value is -7.91. The molecule has 1 aromatic rings. The highest BCUT2D eigenvalue weighted by molar-refractivity contribution is 5.99. The van der Waals surface area contributed by atoms with E-state index in [1.54, 1.807) is 55.4 Å². The van der Waals surface area contributed by atoms with Gasteiger partial charge >= 0.3 is 5.97 Å². The van der Waals surface area contributed by atoms with Crippen LogP contribution in [0.25, 0.3) is 0 Å². The van der Waals surface area contributed by atoms with Crippen molar-refractivity contribution in [3.05, 3.63) is 35.9 Å². The summed E-state index contributed by atoms with van der Waals surface area (Å²) in [5.74, 6) is -13.3. The van der Waals surface area contributed by atoms with Gasteiger partial charge in [0.05, 0.1) is 6.61 Å². The van der Waals surface area contributed by atoms with Gasteiger partial charge in [-0.1, -0.05) is 139 Å². The Morgan fingerprint density at radius 3 is 1.52 bits per heavy atom. The predicted octanol–water partition coefficient (Wildman–Crippen LogP) is -0.390. The van der Waals surface area contributed by atoms with Crippen LogP contribution in [0.2, 0.25) is 0 Å². The fraction of sp³-hybridized carbons (Fsp3) is 0.694. The predicted molar refractivity (Wildman–Crippen MR) is 337 cm³/mol. The lowest BCUT2D eigenvalue weighted by atomic mass is 9.93. The van der Waals surface area contributed by atoms with Crippen LogP contribution in [0.5, 0.6) is 0 Å². The van der Waals surface area contributed by atoms with Crippen molar-refractivity contribution in [2.45, 2.75) is 227 Å². The van der Waals surface area contributed by atoms with Crippen LogP contribution >= 0.6 is 0 Å². The number of rotatable bonds is 35. The molecule has 506 valence electrons. The number of nitrogens with one attached hydrogen (secondary N) is 10. The van der Waals surface area contributed by atoms with E-state index in [2.05, 4.69) is 58.2 Å². The SMILES string of the molecule is CCC(C)[C@@H]1NC(=O)[C@H](C)NC(=O)[C@H](NC(=O)[C@H](CO)NC(=O)[C@@H](NC(=O)[C@H](NC(=O)[C@@H](CCC(N)=O)NC(=O)[C@H](CCCN=C(N)N)NC(=O)[C@@H](NC(=O)[C@H](CC)Cc2ccccc2)[C@@H](C)CC)[C@H](C)CC)[C@@H](C)CC)[C@H](C)OC(=O)[C@H]([C@@H](C)CC)NC1=O. The lowest BCUT2D eigenvalue weighted by Gasteiger charge is -2.31. The number of cyclic esters (lactones) is 1. The summed E-state index contributed by atoms with van der Waals surface area (Å²) in [6.07, 6.45) is 0.632. The number of aliphatic hydroxyl groups is 1. The summed E-state index contributed by atoms with van der Waals surface area (Å²) in [5, 5.41) is 36.9. The van der Waals surface area contributed by atoms with Crippen LogP contribution in [-0.2, 0) is 68.7 Å². The van der Waals surface area contributed by atoms with Crippen molar-refractivity contribution < 1.29 is 67.4 Å². The molecule has 0 bridgehead atoms. The van der Waals surface area contributed by atoms with E-state index in [9.17, 15) is 62.6 Å². The Morgan fingerprint density at radius 2 is 1.02 bits per heavy atom. The van der Waals surface area contributed by atoms with Gasteiger partial charge in [-0.15, -0.1) is 0 Å². The average molecular weight is 1270 g/mol. The third-order valence-corrected chi connectivity index (χ3v) is 16.9. The molecule has 1 aliphatic heterocycles. The highest BCUT2D eigenvalue weighted by atomic mass is 16.5. The van der Waals surface area contributed by atoms with E-state index in [1.807, 2.05) is 51.1 Å². The van der Waals surface area contributed by atoms with Crippen molar-refractivity contribution in [1.29, 1.82) is 0 Å². The monoisotopic (exact) mass is 1270 g/mol. The molecule has 1 fully saturated rings. The number of primary amides is 1. The number of carbonyl (C=O) groups is 12. The minimum Gasteiger partial charge on any atom is -0.458 e. The summed E-state index contributed by atoms with van der Waals surface area (Å²) in [5.41, 5.74) is 17.6. The van der Waals surface area contributed by atoms with Gasteiger partial charge in [0.15, 0.2) is 5.96 Å². The Bertz CT molecular complexity index is 2610. The number of hydrogen-bond acceptors (Lipinski definition) is 15. The van der Waals surface area contributed by atoms with Crippen LogP contribution in [0.15, 0.2) is 35.3 Å². The number of aliphatic imine (C=N–C) groups is 1. The molecular weight excluding hydrogens is 1160 g/mol. The van der Waals surface area contributed by atoms with Gasteiger partial charge in [0, 0.05) is 18.9 Å². The molecule has 90 heavy (non-hydrogen) atoms. The van der Waals surface area contributed by atoms with Crippen molar-refractivity contribution in [2.75, 3.05) is 13.2 Å². The first kappa shape index (κ1) is 78.2. The van der Waals surface area contributed by atoms with Gasteiger partial charge in [-0.2, -0.15) is 0 Å². The molecule has 1 aromatic carbocycles. The first-order valence-electron chi connectivity index (χ1n) is 31.7. The molecule has 1 saturated heterocycles. The molecule has 1 aliphatic rings. The van der Waals surface area contributed by atoms with Gasteiger partial charge in [-0.25, -0.2) is 4.79 Å². The minimum absolute atomic E-state index is 0.0484. The molecule has 28 nitrogen and oxygen atoms in total. The Morgan fingerprint density at radius 1 is 0.556 bits per heavy atom. The number of nitrogens with zero attached hydrogens (tertiary/aromatic N) is 1. The number of ether oxygens (including phenoxy) is 1. The zero-order valence-electron chi connectivity index (χ0n) is 54.8. The number of nitrogens with two attached hydrogens (primary N) is 3. The number of guanidine groups is 1. The Labute approximate surface area is 529 Å². The zero-order valence-corrected chi connectivity index (χ0v) is 54.8. The molecular formula is C62H104N14O14. The molecule has 1 heterocycles. The molecule has 0 saturated carbocycles. The van der Waals surface area contributed by atoms with Crippen molar-refractivity contribution >= 4 is 76.9 Å². The topological polar surface area (TPSA) is 445 Å². The van der Waals surface area contributed by atoms with Crippen LogP contribution in [-0.4, -0.2) is 162 Å². The average Bonchev–Trinajstić information content (AvgIpc) is 1.57. The number of hydrogen-bond donors (Lipinski definition) is 14. The zero-order chi connectivity index (χ0) is 68.1. The maximum Gasteiger partial charge on any atom is 0.329 e. The lowest BCUT2D eigenvalue weighted by Crippen LogP contribution is -2.63. The highest BCUT2D eigenvalue weighted by Gasteiger charge is 2.41. The molecule has 17 atom stereocenters. The summed E-state index contributed by atoms with van der Waals surface area (Å²) < 4.78 is 5.73. The van der Waals surface area contributed by atoms with Gasteiger partial charge in [-0.05, 0) is 81.1 Å². The Balaban J connectivity index is 2.50.